The predicted molar refractivity (Wildman–Crippen MR) is 150 cm³/mol. The Labute approximate surface area is 245 Å². The van der Waals surface area contributed by atoms with Crippen molar-refractivity contribution in [2.45, 2.75) is 32.6 Å². The maximum atomic E-state index is 12.6. The molecule has 7 N–H and O–H groups in total. The number of unbranched alkanes of at least 4 members (excludes halogenated alkanes) is 2. The first kappa shape index (κ1) is 36.5. The normalized spacial score (nSPS) is 16.4. The maximum absolute atomic E-state index is 12.6. The van der Waals surface area contributed by atoms with Crippen LogP contribution in [0.15, 0.2) is 0 Å². The number of carbonyl (C=O) groups is 6. The number of urea groups is 1. The average molecular weight is 603 g/mol. The minimum atomic E-state index is -1.04. The van der Waals surface area contributed by atoms with E-state index in [9.17, 15) is 44.1 Å². The number of aliphatic carboxylic acids is 3. The van der Waals surface area contributed by atoms with Crippen molar-refractivity contribution in [1.82, 2.24) is 41.1 Å². The number of nitrogens with zero attached hydrogens (tertiary/aromatic N) is 4. The van der Waals surface area contributed by atoms with Gasteiger partial charge >= 0.3 is 23.9 Å². The van der Waals surface area contributed by atoms with Crippen LogP contribution in [-0.4, -0.2) is 162 Å². The SMILES string of the molecule is CCCCCNC(=O)NNC(=O)CCNC(=O)CN1CCN(CC(=O)O)CCN(CC(=O)O)CCN(CC(=O)O)CC1. The second-order valence-electron chi connectivity index (χ2n) is 10.0. The average Bonchev–Trinajstić information content (AvgIpc) is 2.90. The number of hydrogen-bond donors (Lipinski definition) is 7. The molecular weight excluding hydrogens is 556 g/mol. The number of rotatable bonds is 15. The van der Waals surface area contributed by atoms with Crippen molar-refractivity contribution >= 4 is 35.8 Å². The van der Waals surface area contributed by atoms with Crippen molar-refractivity contribution in [3.8, 4) is 0 Å². The summed E-state index contributed by atoms with van der Waals surface area (Å²) in [6.07, 6.45) is 2.76. The summed E-state index contributed by atoms with van der Waals surface area (Å²) in [5.41, 5.74) is 4.51. The third-order valence-electron chi connectivity index (χ3n) is 6.43. The molecule has 0 saturated carbocycles. The molecule has 1 aliphatic rings. The molecule has 0 bridgehead atoms. The molecule has 0 unspecified atom stereocenters. The van der Waals surface area contributed by atoms with E-state index in [0.29, 0.717) is 19.6 Å². The lowest BCUT2D eigenvalue weighted by atomic mass is 10.2. The van der Waals surface area contributed by atoms with E-state index in [1.807, 2.05) is 6.92 Å². The molecule has 17 heteroatoms. The fourth-order valence-corrected chi connectivity index (χ4v) is 4.17. The number of carboxylic acids is 3. The Balaban J connectivity index is 2.66. The molecule has 4 amide bonds. The van der Waals surface area contributed by atoms with Gasteiger partial charge in [-0.3, -0.25) is 49.0 Å². The van der Waals surface area contributed by atoms with Crippen molar-refractivity contribution in [3.63, 3.8) is 0 Å². The van der Waals surface area contributed by atoms with Crippen LogP contribution in [-0.2, 0) is 24.0 Å². The first-order chi connectivity index (χ1) is 20.0. The first-order valence-corrected chi connectivity index (χ1v) is 14.1. The Morgan fingerprint density at radius 2 is 0.976 bits per heavy atom. The zero-order chi connectivity index (χ0) is 31.3. The number of carboxylic acid groups (broad SMARTS) is 3. The number of hydrazine groups is 1. The van der Waals surface area contributed by atoms with Crippen LogP contribution in [0.25, 0.3) is 0 Å². The van der Waals surface area contributed by atoms with E-state index in [0.717, 1.165) is 19.3 Å². The molecule has 1 rings (SSSR count). The van der Waals surface area contributed by atoms with E-state index < -0.39 is 29.8 Å². The van der Waals surface area contributed by atoms with Gasteiger partial charge in [-0.05, 0) is 6.42 Å². The molecule has 0 aromatic carbocycles. The van der Waals surface area contributed by atoms with Crippen LogP contribution in [0.1, 0.15) is 32.6 Å². The summed E-state index contributed by atoms with van der Waals surface area (Å²) in [4.78, 5) is 77.1. The van der Waals surface area contributed by atoms with Gasteiger partial charge in [-0.15, -0.1) is 0 Å². The van der Waals surface area contributed by atoms with E-state index in [1.165, 1.54) is 0 Å². The molecule has 0 aromatic rings. The van der Waals surface area contributed by atoms with Gasteiger partial charge in [-0.2, -0.15) is 0 Å². The van der Waals surface area contributed by atoms with Crippen LogP contribution in [0, 0.1) is 0 Å². The Hall–Kier alpha value is -3.54. The van der Waals surface area contributed by atoms with Crippen LogP contribution >= 0.6 is 0 Å². The second kappa shape index (κ2) is 21.2. The van der Waals surface area contributed by atoms with Gasteiger partial charge in [0.05, 0.1) is 26.2 Å². The zero-order valence-electron chi connectivity index (χ0n) is 24.3. The van der Waals surface area contributed by atoms with Gasteiger partial charge in [0.15, 0.2) is 0 Å². The summed E-state index contributed by atoms with van der Waals surface area (Å²) in [5, 5.41) is 33.1. The van der Waals surface area contributed by atoms with Gasteiger partial charge in [0.1, 0.15) is 0 Å². The van der Waals surface area contributed by atoms with Crippen LogP contribution in [0.5, 0.6) is 0 Å². The predicted octanol–water partition coefficient (Wildman–Crippen LogP) is -2.51. The number of hydrogen-bond acceptors (Lipinski definition) is 10. The standard InChI is InChI=1S/C25H46N8O9/c1-2-3-4-6-27-25(42)29-28-20(34)5-7-26-21(35)16-30-8-10-31(17-22(36)37)12-14-33(19-24(40)41)15-13-32(11-9-30)18-23(38)39/h2-19H2,1H3,(H,26,35)(H,28,34)(H,36,37)(H,38,39)(H,40,41)(H2,27,29,42). The molecule has 0 aromatic heterocycles. The zero-order valence-corrected chi connectivity index (χ0v) is 24.3. The van der Waals surface area contributed by atoms with Crippen LogP contribution in [0.4, 0.5) is 4.79 Å². The molecule has 42 heavy (non-hydrogen) atoms. The van der Waals surface area contributed by atoms with Crippen molar-refractivity contribution in [1.29, 1.82) is 0 Å². The fraction of sp³-hybridized carbons (Fsp3) is 0.760. The molecular formula is C25H46N8O9. The van der Waals surface area contributed by atoms with Gasteiger partial charge in [-0.1, -0.05) is 19.8 Å². The highest BCUT2D eigenvalue weighted by Gasteiger charge is 2.21. The Morgan fingerprint density at radius 3 is 1.38 bits per heavy atom. The molecule has 0 spiro atoms. The van der Waals surface area contributed by atoms with Gasteiger partial charge in [0.25, 0.3) is 0 Å². The van der Waals surface area contributed by atoms with Crippen molar-refractivity contribution < 1.29 is 44.1 Å². The maximum Gasteiger partial charge on any atom is 0.333 e. The summed E-state index contributed by atoms with van der Waals surface area (Å²) in [5.74, 6) is -3.98. The number of carbonyl (C=O) groups excluding carboxylic acids is 3. The Bertz CT molecular complexity index is 860. The second-order valence-corrected chi connectivity index (χ2v) is 10.0. The lowest BCUT2D eigenvalue weighted by Gasteiger charge is -2.32. The molecule has 17 nitrogen and oxygen atoms in total. The molecule has 240 valence electrons. The largest absolute Gasteiger partial charge is 0.480 e. The first-order valence-electron chi connectivity index (χ1n) is 14.1. The minimum Gasteiger partial charge on any atom is -0.480 e. The summed E-state index contributed by atoms with van der Waals surface area (Å²) in [6.45, 7) is 4.01. The molecule has 1 fully saturated rings. The highest BCUT2D eigenvalue weighted by Crippen LogP contribution is 2.01. The summed E-state index contributed by atoms with van der Waals surface area (Å²) < 4.78 is 0. The fourth-order valence-electron chi connectivity index (χ4n) is 4.17. The van der Waals surface area contributed by atoms with E-state index in [4.69, 9.17) is 0 Å². The highest BCUT2D eigenvalue weighted by atomic mass is 16.4. The van der Waals surface area contributed by atoms with Crippen LogP contribution in [0.3, 0.4) is 0 Å². The Morgan fingerprint density at radius 1 is 0.548 bits per heavy atom. The van der Waals surface area contributed by atoms with Gasteiger partial charge in [0, 0.05) is 71.9 Å². The van der Waals surface area contributed by atoms with Crippen molar-refractivity contribution in [2.24, 2.45) is 0 Å². The summed E-state index contributed by atoms with van der Waals surface area (Å²) in [7, 11) is 0. The molecule has 0 atom stereocenters. The Kier molecular flexibility index (Phi) is 18.4. The summed E-state index contributed by atoms with van der Waals surface area (Å²) >= 11 is 0. The van der Waals surface area contributed by atoms with Gasteiger partial charge in [0.2, 0.25) is 11.8 Å². The van der Waals surface area contributed by atoms with Gasteiger partial charge in [-0.25, -0.2) is 10.2 Å². The lowest BCUT2D eigenvalue weighted by Crippen LogP contribution is -2.50. The van der Waals surface area contributed by atoms with Crippen LogP contribution in [0.2, 0.25) is 0 Å². The molecule has 1 aliphatic heterocycles. The molecule has 0 aliphatic carbocycles. The topological polar surface area (TPSA) is 224 Å². The minimum absolute atomic E-state index is 0.0218. The third-order valence-corrected chi connectivity index (χ3v) is 6.43. The quantitative estimate of drug-likeness (QED) is 0.0761. The smallest absolute Gasteiger partial charge is 0.333 e. The van der Waals surface area contributed by atoms with E-state index in [-0.39, 0.29) is 84.3 Å². The molecule has 1 heterocycles. The van der Waals surface area contributed by atoms with Crippen LogP contribution < -0.4 is 21.5 Å². The molecule has 1 saturated heterocycles. The summed E-state index contributed by atoms with van der Waals surface area (Å²) in [6, 6.07) is -0.526. The third kappa shape index (κ3) is 18.7. The number of nitrogens with one attached hydrogen (secondary N) is 4. The lowest BCUT2D eigenvalue weighted by molar-refractivity contribution is -0.140. The number of amides is 4. The van der Waals surface area contributed by atoms with Gasteiger partial charge < -0.3 is 26.0 Å². The monoisotopic (exact) mass is 602 g/mol. The highest BCUT2D eigenvalue weighted by molar-refractivity contribution is 5.82. The van der Waals surface area contributed by atoms with E-state index >= 15 is 0 Å². The van der Waals surface area contributed by atoms with E-state index in [2.05, 4.69) is 21.5 Å². The molecule has 0 radical (unpaired) electrons. The van der Waals surface area contributed by atoms with E-state index in [1.54, 1.807) is 19.6 Å². The van der Waals surface area contributed by atoms with Crippen molar-refractivity contribution in [3.05, 3.63) is 0 Å². The van der Waals surface area contributed by atoms with Crippen molar-refractivity contribution in [2.75, 3.05) is 91.6 Å².